The number of thioether (sulfide) groups is 1. The number of Topliss-reactive ketones (excluding diaryl/α,β-unsaturated/α-hetero) is 1. The summed E-state index contributed by atoms with van der Waals surface area (Å²) in [4.78, 5) is 12.4. The van der Waals surface area contributed by atoms with Crippen LogP contribution >= 0.6 is 23.1 Å². The molecule has 7 heteroatoms. The van der Waals surface area contributed by atoms with Crippen LogP contribution in [-0.4, -0.2) is 35.5 Å². The van der Waals surface area contributed by atoms with Crippen molar-refractivity contribution in [1.82, 2.24) is 10.2 Å². The van der Waals surface area contributed by atoms with Crippen LogP contribution in [0.4, 0.5) is 0 Å². The Morgan fingerprint density at radius 1 is 1.30 bits per heavy atom. The minimum atomic E-state index is -0.235. The predicted octanol–water partition coefficient (Wildman–Crippen LogP) is 2.92. The molecule has 0 radical (unpaired) electrons. The summed E-state index contributed by atoms with van der Waals surface area (Å²) in [5.74, 6) is 1.17. The van der Waals surface area contributed by atoms with Crippen molar-refractivity contribution in [2.24, 2.45) is 0 Å². The van der Waals surface area contributed by atoms with Crippen molar-refractivity contribution < 1.29 is 14.3 Å². The van der Waals surface area contributed by atoms with Gasteiger partial charge in [0.25, 0.3) is 0 Å². The Bertz CT molecular complexity index is 587. The highest BCUT2D eigenvalue weighted by Gasteiger charge is 2.19. The Balaban J connectivity index is 2.16. The summed E-state index contributed by atoms with van der Waals surface area (Å²) in [5, 5.41) is 7.45. The summed E-state index contributed by atoms with van der Waals surface area (Å²) in [6, 6.07) is 5.16. The molecule has 0 saturated heterocycles. The van der Waals surface area contributed by atoms with Gasteiger partial charge >= 0.3 is 0 Å². The topological polar surface area (TPSA) is 61.3 Å². The second-order valence-electron chi connectivity index (χ2n) is 3.90. The highest BCUT2D eigenvalue weighted by Crippen LogP contribution is 2.31. The lowest BCUT2D eigenvalue weighted by Gasteiger charge is -2.11. The van der Waals surface area contributed by atoms with Crippen molar-refractivity contribution >= 4 is 28.9 Å². The second kappa shape index (κ2) is 6.71. The van der Waals surface area contributed by atoms with Crippen LogP contribution in [0.15, 0.2) is 28.0 Å². The number of rotatable bonds is 6. The number of nitrogens with zero attached hydrogens (tertiary/aromatic N) is 2. The van der Waals surface area contributed by atoms with Crippen molar-refractivity contribution in [3.63, 3.8) is 0 Å². The van der Waals surface area contributed by atoms with E-state index in [9.17, 15) is 4.79 Å². The molecule has 0 fully saturated rings. The molecule has 5 nitrogen and oxygen atoms in total. The Kier molecular flexibility index (Phi) is 4.97. The number of hydrogen-bond donors (Lipinski definition) is 0. The van der Waals surface area contributed by atoms with Crippen LogP contribution in [0, 0.1) is 0 Å². The molecule has 1 atom stereocenters. The minimum absolute atomic E-state index is 0.0196. The van der Waals surface area contributed by atoms with Crippen molar-refractivity contribution in [2.45, 2.75) is 16.5 Å². The SMILES string of the molecule is COc1ccc(C(=O)[C@H](C)Sc2nncs2)cc1OC. The van der Waals surface area contributed by atoms with Gasteiger partial charge in [-0.05, 0) is 25.1 Å². The van der Waals surface area contributed by atoms with Crippen molar-refractivity contribution in [2.75, 3.05) is 14.2 Å². The van der Waals surface area contributed by atoms with Crippen molar-refractivity contribution in [3.05, 3.63) is 29.3 Å². The third-order valence-electron chi connectivity index (χ3n) is 2.65. The zero-order valence-electron chi connectivity index (χ0n) is 11.3. The molecule has 1 aromatic carbocycles. The Hall–Kier alpha value is -1.60. The molecule has 0 aliphatic heterocycles. The number of carbonyl (C=O) groups excluding carboxylic acids is 1. The van der Waals surface area contributed by atoms with Gasteiger partial charge < -0.3 is 9.47 Å². The number of methoxy groups -OCH3 is 2. The monoisotopic (exact) mass is 310 g/mol. The molecule has 0 aliphatic carbocycles. The molecule has 0 N–H and O–H groups in total. The van der Waals surface area contributed by atoms with Gasteiger partial charge in [-0.25, -0.2) is 0 Å². The van der Waals surface area contributed by atoms with E-state index in [0.29, 0.717) is 17.1 Å². The maximum Gasteiger partial charge on any atom is 0.176 e. The smallest absolute Gasteiger partial charge is 0.176 e. The zero-order chi connectivity index (χ0) is 14.5. The molecular weight excluding hydrogens is 296 g/mol. The van der Waals surface area contributed by atoms with Crippen LogP contribution in [-0.2, 0) is 0 Å². The first-order valence-corrected chi connectivity index (χ1v) is 7.60. The highest BCUT2D eigenvalue weighted by molar-refractivity contribution is 8.02. The normalized spacial score (nSPS) is 11.9. The van der Waals surface area contributed by atoms with Crippen LogP contribution in [0.5, 0.6) is 11.5 Å². The first-order valence-electron chi connectivity index (χ1n) is 5.84. The molecule has 0 amide bonds. The molecule has 20 heavy (non-hydrogen) atoms. The Morgan fingerprint density at radius 2 is 2.05 bits per heavy atom. The molecule has 0 unspecified atom stereocenters. The van der Waals surface area contributed by atoms with Crippen LogP contribution in [0.3, 0.4) is 0 Å². The molecule has 0 saturated carbocycles. The third-order valence-corrected chi connectivity index (χ3v) is 4.57. The van der Waals surface area contributed by atoms with Gasteiger partial charge in [0.15, 0.2) is 21.6 Å². The van der Waals surface area contributed by atoms with E-state index in [2.05, 4.69) is 10.2 Å². The van der Waals surface area contributed by atoms with Gasteiger partial charge in [0.1, 0.15) is 5.51 Å². The van der Waals surface area contributed by atoms with E-state index < -0.39 is 0 Å². The summed E-state index contributed by atoms with van der Waals surface area (Å²) in [5.41, 5.74) is 2.24. The largest absolute Gasteiger partial charge is 0.493 e. The lowest BCUT2D eigenvalue weighted by Crippen LogP contribution is -2.13. The van der Waals surface area contributed by atoms with Crippen LogP contribution in [0.2, 0.25) is 0 Å². The van der Waals surface area contributed by atoms with Crippen molar-refractivity contribution in [1.29, 1.82) is 0 Å². The van der Waals surface area contributed by atoms with Gasteiger partial charge in [-0.1, -0.05) is 23.1 Å². The minimum Gasteiger partial charge on any atom is -0.493 e. The quantitative estimate of drug-likeness (QED) is 0.604. The van der Waals surface area contributed by atoms with E-state index >= 15 is 0 Å². The number of benzene rings is 1. The van der Waals surface area contributed by atoms with E-state index in [1.54, 1.807) is 37.9 Å². The lowest BCUT2D eigenvalue weighted by molar-refractivity contribution is 0.0993. The summed E-state index contributed by atoms with van der Waals surface area (Å²) >= 11 is 2.82. The molecule has 2 rings (SSSR count). The van der Waals surface area contributed by atoms with Gasteiger partial charge in [0.05, 0.1) is 19.5 Å². The summed E-state index contributed by atoms with van der Waals surface area (Å²) in [6.45, 7) is 1.85. The van der Waals surface area contributed by atoms with Gasteiger partial charge in [0, 0.05) is 5.56 Å². The maximum atomic E-state index is 12.4. The number of ketones is 1. The number of hydrogen-bond acceptors (Lipinski definition) is 7. The average Bonchev–Trinajstić information content (AvgIpc) is 2.98. The van der Waals surface area contributed by atoms with Gasteiger partial charge in [-0.2, -0.15) is 0 Å². The molecule has 0 aliphatic rings. The molecular formula is C13H14N2O3S2. The Morgan fingerprint density at radius 3 is 2.65 bits per heavy atom. The maximum absolute atomic E-state index is 12.4. The summed E-state index contributed by atoms with van der Waals surface area (Å²) < 4.78 is 11.2. The third kappa shape index (κ3) is 3.29. The van der Waals surface area contributed by atoms with Gasteiger partial charge in [0.2, 0.25) is 0 Å². The van der Waals surface area contributed by atoms with E-state index in [4.69, 9.17) is 9.47 Å². The Labute approximate surface area is 125 Å². The first kappa shape index (κ1) is 14.8. The number of carbonyl (C=O) groups is 1. The van der Waals surface area contributed by atoms with Gasteiger partial charge in [-0.3, -0.25) is 4.79 Å². The summed E-state index contributed by atoms with van der Waals surface area (Å²) in [6.07, 6.45) is 0. The van der Waals surface area contributed by atoms with Crippen LogP contribution < -0.4 is 9.47 Å². The molecule has 106 valence electrons. The van der Waals surface area contributed by atoms with E-state index in [1.807, 2.05) is 6.92 Å². The fourth-order valence-corrected chi connectivity index (χ4v) is 3.35. The highest BCUT2D eigenvalue weighted by atomic mass is 32.2. The van der Waals surface area contributed by atoms with Crippen LogP contribution in [0.25, 0.3) is 0 Å². The van der Waals surface area contributed by atoms with Crippen molar-refractivity contribution in [3.8, 4) is 11.5 Å². The van der Waals surface area contributed by atoms with Gasteiger partial charge in [-0.15, -0.1) is 10.2 Å². The zero-order valence-corrected chi connectivity index (χ0v) is 13.0. The molecule has 2 aromatic rings. The first-order chi connectivity index (χ1) is 9.65. The average molecular weight is 310 g/mol. The molecule has 0 spiro atoms. The lowest BCUT2D eigenvalue weighted by atomic mass is 10.1. The fourth-order valence-electron chi connectivity index (χ4n) is 1.64. The van der Waals surface area contributed by atoms with E-state index in [-0.39, 0.29) is 11.0 Å². The predicted molar refractivity (Wildman–Crippen MR) is 79.1 cm³/mol. The van der Waals surface area contributed by atoms with Crippen LogP contribution in [0.1, 0.15) is 17.3 Å². The number of aromatic nitrogens is 2. The fraction of sp³-hybridized carbons (Fsp3) is 0.308. The van der Waals surface area contributed by atoms with E-state index in [1.165, 1.54) is 23.1 Å². The second-order valence-corrected chi connectivity index (χ2v) is 6.32. The van der Waals surface area contributed by atoms with E-state index in [0.717, 1.165) is 4.34 Å². The number of ether oxygens (including phenoxy) is 2. The standard InChI is InChI=1S/C13H14N2O3S2/c1-8(20-13-15-14-7-19-13)12(16)9-4-5-10(17-2)11(6-9)18-3/h4-8H,1-3H3/t8-/m0/s1. The summed E-state index contributed by atoms with van der Waals surface area (Å²) in [7, 11) is 3.11. The molecule has 1 heterocycles. The molecule has 0 bridgehead atoms. The molecule has 1 aromatic heterocycles.